The fraction of sp³-hybridized carbons (Fsp3) is 0.0667. The Morgan fingerprint density at radius 1 is 1.29 bits per heavy atom. The Labute approximate surface area is 141 Å². The van der Waals surface area contributed by atoms with Crippen LogP contribution in [0.4, 0.5) is 5.69 Å². The molecule has 1 amide bonds. The van der Waals surface area contributed by atoms with Crippen molar-refractivity contribution in [2.75, 3.05) is 7.11 Å². The van der Waals surface area contributed by atoms with Crippen LogP contribution in [0.2, 0.25) is 0 Å². The Morgan fingerprint density at radius 2 is 2.08 bits per heavy atom. The van der Waals surface area contributed by atoms with Crippen molar-refractivity contribution in [3.8, 4) is 17.1 Å². The summed E-state index contributed by atoms with van der Waals surface area (Å²) in [7, 11) is 1.43. The van der Waals surface area contributed by atoms with Gasteiger partial charge in [-0.05, 0) is 36.5 Å². The first-order chi connectivity index (χ1) is 11.5. The van der Waals surface area contributed by atoms with Crippen molar-refractivity contribution in [2.24, 2.45) is 0 Å². The number of nitrogens with zero attached hydrogens (tertiary/aromatic N) is 1. The van der Waals surface area contributed by atoms with Gasteiger partial charge in [0.2, 0.25) is 0 Å². The molecule has 122 valence electrons. The van der Waals surface area contributed by atoms with Crippen LogP contribution in [0.5, 0.6) is 5.75 Å². The second kappa shape index (κ2) is 6.13. The number of furan rings is 1. The number of thiocarbonyl (C=S) groups is 1. The third-order valence-corrected chi connectivity index (χ3v) is 3.50. The normalized spacial score (nSPS) is 15.3. The summed E-state index contributed by atoms with van der Waals surface area (Å²) in [6.45, 7) is 0. The standard InChI is InChI=1S/C15H11N3O5S/c1-22-8-2-4-10(12(7-8)18(20)21)13-5-3-9(23-13)6-11-14(19)17-15(24)16-11/h2-7H,1H3,(H2,16,17,19,24)/b11-6+. The third kappa shape index (κ3) is 2.97. The summed E-state index contributed by atoms with van der Waals surface area (Å²) in [5, 5.41) is 16.6. The van der Waals surface area contributed by atoms with Gasteiger partial charge in [-0.15, -0.1) is 0 Å². The summed E-state index contributed by atoms with van der Waals surface area (Å²) in [5.41, 5.74) is 0.413. The van der Waals surface area contributed by atoms with Crippen molar-refractivity contribution in [3.63, 3.8) is 0 Å². The van der Waals surface area contributed by atoms with E-state index in [1.165, 1.54) is 19.3 Å². The summed E-state index contributed by atoms with van der Waals surface area (Å²) >= 11 is 4.84. The zero-order valence-electron chi connectivity index (χ0n) is 12.4. The van der Waals surface area contributed by atoms with Gasteiger partial charge in [0.1, 0.15) is 23.0 Å². The van der Waals surface area contributed by atoms with E-state index in [-0.39, 0.29) is 22.4 Å². The fourth-order valence-corrected chi connectivity index (χ4v) is 2.40. The van der Waals surface area contributed by atoms with Gasteiger partial charge in [-0.2, -0.15) is 0 Å². The fourth-order valence-electron chi connectivity index (χ4n) is 2.20. The molecule has 24 heavy (non-hydrogen) atoms. The highest BCUT2D eigenvalue weighted by Crippen LogP contribution is 2.34. The predicted octanol–water partition coefficient (Wildman–Crippen LogP) is 2.21. The minimum Gasteiger partial charge on any atom is -0.497 e. The highest BCUT2D eigenvalue weighted by atomic mass is 32.1. The molecule has 2 N–H and O–H groups in total. The number of hydrogen-bond acceptors (Lipinski definition) is 6. The van der Waals surface area contributed by atoms with Gasteiger partial charge < -0.3 is 14.5 Å². The molecule has 0 atom stereocenters. The second-order valence-corrected chi connectivity index (χ2v) is 5.22. The summed E-state index contributed by atoms with van der Waals surface area (Å²) in [6.07, 6.45) is 1.47. The topological polar surface area (TPSA) is 107 Å². The van der Waals surface area contributed by atoms with E-state index < -0.39 is 4.92 Å². The zero-order valence-corrected chi connectivity index (χ0v) is 13.2. The number of ether oxygens (including phenoxy) is 1. The molecule has 2 aromatic rings. The molecule has 0 bridgehead atoms. The Bertz CT molecular complexity index is 887. The molecule has 1 aliphatic rings. The van der Waals surface area contributed by atoms with Gasteiger partial charge >= 0.3 is 0 Å². The van der Waals surface area contributed by atoms with E-state index in [9.17, 15) is 14.9 Å². The van der Waals surface area contributed by atoms with Crippen LogP contribution in [-0.4, -0.2) is 23.1 Å². The highest BCUT2D eigenvalue weighted by molar-refractivity contribution is 7.80. The minimum atomic E-state index is -0.511. The largest absolute Gasteiger partial charge is 0.497 e. The van der Waals surface area contributed by atoms with E-state index in [0.717, 1.165) is 0 Å². The van der Waals surface area contributed by atoms with Crippen molar-refractivity contribution in [1.29, 1.82) is 0 Å². The predicted molar refractivity (Wildman–Crippen MR) is 89.2 cm³/mol. The van der Waals surface area contributed by atoms with Gasteiger partial charge in [-0.3, -0.25) is 20.2 Å². The van der Waals surface area contributed by atoms with Crippen LogP contribution in [-0.2, 0) is 4.79 Å². The first-order valence-corrected chi connectivity index (χ1v) is 7.15. The summed E-state index contributed by atoms with van der Waals surface area (Å²) in [5.74, 6) is 0.669. The number of amides is 1. The molecule has 1 aliphatic heterocycles. The number of carbonyl (C=O) groups is 1. The van der Waals surface area contributed by atoms with Crippen LogP contribution >= 0.6 is 12.2 Å². The van der Waals surface area contributed by atoms with Crippen LogP contribution < -0.4 is 15.4 Å². The lowest BCUT2D eigenvalue weighted by molar-refractivity contribution is -0.384. The molecule has 1 aromatic carbocycles. The lowest BCUT2D eigenvalue weighted by atomic mass is 10.1. The van der Waals surface area contributed by atoms with Crippen molar-refractivity contribution in [1.82, 2.24) is 10.6 Å². The van der Waals surface area contributed by atoms with E-state index in [2.05, 4.69) is 10.6 Å². The number of nitro benzene ring substituents is 1. The molecule has 0 radical (unpaired) electrons. The molecule has 2 heterocycles. The number of hydrogen-bond donors (Lipinski definition) is 2. The SMILES string of the molecule is COc1ccc(-c2ccc(/C=C3/NC(=S)NC3=O)o2)c([N+](=O)[O-])c1. The minimum absolute atomic E-state index is 0.138. The maximum Gasteiger partial charge on any atom is 0.284 e. The first-order valence-electron chi connectivity index (χ1n) is 6.74. The molecular formula is C15H11N3O5S. The van der Waals surface area contributed by atoms with Crippen molar-refractivity contribution in [2.45, 2.75) is 0 Å². The van der Waals surface area contributed by atoms with Crippen LogP contribution in [0.3, 0.4) is 0 Å². The zero-order chi connectivity index (χ0) is 17.3. The maximum absolute atomic E-state index is 11.6. The highest BCUT2D eigenvalue weighted by Gasteiger charge is 2.22. The van der Waals surface area contributed by atoms with Crippen LogP contribution in [0.15, 0.2) is 40.4 Å². The average molecular weight is 345 g/mol. The monoisotopic (exact) mass is 345 g/mol. The number of rotatable bonds is 4. The Hall–Kier alpha value is -3.20. The summed E-state index contributed by atoms with van der Waals surface area (Å²) in [6, 6.07) is 7.66. The van der Waals surface area contributed by atoms with E-state index in [0.29, 0.717) is 22.8 Å². The molecular weight excluding hydrogens is 334 g/mol. The van der Waals surface area contributed by atoms with Gasteiger partial charge in [0.05, 0.1) is 23.7 Å². The third-order valence-electron chi connectivity index (χ3n) is 3.30. The molecule has 0 saturated carbocycles. The van der Waals surface area contributed by atoms with Gasteiger partial charge in [0, 0.05) is 6.08 Å². The number of nitrogens with one attached hydrogen (secondary N) is 2. The molecule has 1 fully saturated rings. The Morgan fingerprint density at radius 3 is 2.71 bits per heavy atom. The summed E-state index contributed by atoms with van der Waals surface area (Å²) in [4.78, 5) is 22.3. The van der Waals surface area contributed by atoms with E-state index in [1.54, 1.807) is 24.3 Å². The molecule has 3 rings (SSSR count). The number of benzene rings is 1. The summed E-state index contributed by atoms with van der Waals surface area (Å²) < 4.78 is 10.6. The van der Waals surface area contributed by atoms with E-state index in [4.69, 9.17) is 21.4 Å². The molecule has 0 spiro atoms. The van der Waals surface area contributed by atoms with Gasteiger partial charge in [0.15, 0.2) is 5.11 Å². The lowest BCUT2D eigenvalue weighted by Crippen LogP contribution is -2.21. The molecule has 0 aliphatic carbocycles. The molecule has 1 saturated heterocycles. The molecule has 9 heteroatoms. The average Bonchev–Trinajstić information content (AvgIpc) is 3.13. The number of methoxy groups -OCH3 is 1. The second-order valence-electron chi connectivity index (χ2n) is 4.81. The van der Waals surface area contributed by atoms with Crippen LogP contribution in [0.1, 0.15) is 5.76 Å². The Kier molecular flexibility index (Phi) is 4.00. The van der Waals surface area contributed by atoms with Crippen LogP contribution in [0.25, 0.3) is 17.4 Å². The number of carbonyl (C=O) groups excluding carboxylic acids is 1. The first kappa shape index (κ1) is 15.7. The molecule has 1 aromatic heterocycles. The van der Waals surface area contributed by atoms with E-state index in [1.807, 2.05) is 0 Å². The van der Waals surface area contributed by atoms with Crippen LogP contribution in [0, 0.1) is 10.1 Å². The number of nitro groups is 1. The van der Waals surface area contributed by atoms with Gasteiger partial charge in [0.25, 0.3) is 11.6 Å². The quantitative estimate of drug-likeness (QED) is 0.379. The van der Waals surface area contributed by atoms with Crippen molar-refractivity contribution >= 4 is 35.0 Å². The Balaban J connectivity index is 1.97. The lowest BCUT2D eigenvalue weighted by Gasteiger charge is -2.03. The van der Waals surface area contributed by atoms with Gasteiger partial charge in [-0.1, -0.05) is 0 Å². The van der Waals surface area contributed by atoms with Gasteiger partial charge in [-0.25, -0.2) is 0 Å². The molecule has 8 nitrogen and oxygen atoms in total. The van der Waals surface area contributed by atoms with Crippen molar-refractivity contribution < 1.29 is 18.9 Å². The molecule has 0 unspecified atom stereocenters. The smallest absolute Gasteiger partial charge is 0.284 e. The maximum atomic E-state index is 11.6. The van der Waals surface area contributed by atoms with E-state index >= 15 is 0 Å². The van der Waals surface area contributed by atoms with Crippen molar-refractivity contribution in [3.05, 3.63) is 51.9 Å².